The molecule has 1 fully saturated rings. The number of hydrazine groups is 1. The Morgan fingerprint density at radius 3 is 2.71 bits per heavy atom. The summed E-state index contributed by atoms with van der Waals surface area (Å²) in [6.07, 6.45) is 5.71. The monoisotopic (exact) mass is 233 g/mol. The van der Waals surface area contributed by atoms with E-state index in [1.54, 1.807) is 0 Å². The molecule has 1 aromatic rings. The van der Waals surface area contributed by atoms with E-state index in [4.69, 9.17) is 5.84 Å². The zero-order chi connectivity index (χ0) is 12.3. The molecule has 1 aliphatic rings. The summed E-state index contributed by atoms with van der Waals surface area (Å²) in [4.78, 5) is 15.9. The van der Waals surface area contributed by atoms with Crippen molar-refractivity contribution in [3.63, 3.8) is 0 Å². The van der Waals surface area contributed by atoms with Gasteiger partial charge in [0.2, 0.25) is 5.91 Å². The van der Waals surface area contributed by atoms with Crippen molar-refractivity contribution in [2.45, 2.75) is 38.5 Å². The average Bonchev–Trinajstić information content (AvgIpc) is 2.39. The van der Waals surface area contributed by atoms with Crippen molar-refractivity contribution in [1.82, 2.24) is 10.4 Å². The lowest BCUT2D eigenvalue weighted by atomic mass is 9.79. The third kappa shape index (κ3) is 2.64. The zero-order valence-electron chi connectivity index (χ0n) is 10.1. The molecule has 4 nitrogen and oxygen atoms in total. The molecule has 0 bridgehead atoms. The minimum atomic E-state index is -0.0267. The third-order valence-corrected chi connectivity index (χ3v) is 3.68. The topological polar surface area (TPSA) is 68.0 Å². The van der Waals surface area contributed by atoms with Crippen LogP contribution in [0.5, 0.6) is 0 Å². The number of pyridine rings is 1. The van der Waals surface area contributed by atoms with E-state index in [-0.39, 0.29) is 11.8 Å². The van der Waals surface area contributed by atoms with E-state index in [0.29, 0.717) is 5.92 Å². The molecule has 0 unspecified atom stereocenters. The molecule has 1 aromatic heterocycles. The van der Waals surface area contributed by atoms with Gasteiger partial charge in [0.15, 0.2) is 0 Å². The van der Waals surface area contributed by atoms with E-state index >= 15 is 0 Å². The molecule has 0 atom stereocenters. The summed E-state index contributed by atoms with van der Waals surface area (Å²) in [6.45, 7) is 2.10. The van der Waals surface area contributed by atoms with Crippen LogP contribution >= 0.6 is 0 Å². The second kappa shape index (κ2) is 5.27. The van der Waals surface area contributed by atoms with Crippen LogP contribution in [-0.2, 0) is 4.79 Å². The quantitative estimate of drug-likeness (QED) is 0.463. The van der Waals surface area contributed by atoms with Crippen molar-refractivity contribution >= 4 is 5.91 Å². The molecule has 17 heavy (non-hydrogen) atoms. The van der Waals surface area contributed by atoms with E-state index in [2.05, 4.69) is 23.4 Å². The molecular weight excluding hydrogens is 214 g/mol. The van der Waals surface area contributed by atoms with Crippen molar-refractivity contribution in [3.8, 4) is 0 Å². The van der Waals surface area contributed by atoms with Crippen LogP contribution in [0.2, 0.25) is 0 Å². The second-order valence-electron chi connectivity index (χ2n) is 4.76. The molecule has 1 aliphatic carbocycles. The van der Waals surface area contributed by atoms with Crippen LogP contribution in [0.1, 0.15) is 42.9 Å². The number of aryl methyl sites for hydroxylation is 1. The first kappa shape index (κ1) is 12.0. The summed E-state index contributed by atoms with van der Waals surface area (Å²) < 4.78 is 0. The molecule has 92 valence electrons. The first-order chi connectivity index (χ1) is 8.22. The van der Waals surface area contributed by atoms with Crippen LogP contribution in [0.4, 0.5) is 0 Å². The summed E-state index contributed by atoms with van der Waals surface area (Å²) in [7, 11) is 0. The molecule has 0 aromatic carbocycles. The third-order valence-electron chi connectivity index (χ3n) is 3.68. The van der Waals surface area contributed by atoms with Gasteiger partial charge in [-0.05, 0) is 44.2 Å². The second-order valence-corrected chi connectivity index (χ2v) is 4.76. The Hall–Kier alpha value is -1.42. The van der Waals surface area contributed by atoms with Crippen molar-refractivity contribution in [2.75, 3.05) is 0 Å². The lowest BCUT2D eigenvalue weighted by Crippen LogP contribution is -2.37. The molecule has 3 N–H and O–H groups in total. The number of nitrogens with one attached hydrogen (secondary N) is 1. The highest BCUT2D eigenvalue weighted by Crippen LogP contribution is 2.35. The van der Waals surface area contributed by atoms with Gasteiger partial charge in [0.05, 0.1) is 0 Å². The fraction of sp³-hybridized carbons (Fsp3) is 0.538. The Bertz CT molecular complexity index is 397. The largest absolute Gasteiger partial charge is 0.294 e. The highest BCUT2D eigenvalue weighted by atomic mass is 16.2. The number of aromatic nitrogens is 1. The van der Waals surface area contributed by atoms with Gasteiger partial charge in [0.25, 0.3) is 0 Å². The summed E-state index contributed by atoms with van der Waals surface area (Å²) in [5.41, 5.74) is 4.69. The van der Waals surface area contributed by atoms with Gasteiger partial charge in [-0.2, -0.15) is 0 Å². The number of nitrogens with two attached hydrogens (primary N) is 1. The molecule has 1 amide bonds. The Morgan fingerprint density at radius 1 is 1.41 bits per heavy atom. The van der Waals surface area contributed by atoms with Crippen LogP contribution in [0, 0.1) is 12.8 Å². The summed E-state index contributed by atoms with van der Waals surface area (Å²) in [5, 5.41) is 0. The number of carbonyl (C=O) groups is 1. The fourth-order valence-corrected chi connectivity index (χ4v) is 2.67. The molecule has 0 saturated heterocycles. The van der Waals surface area contributed by atoms with Crippen LogP contribution in [0.25, 0.3) is 0 Å². The minimum Gasteiger partial charge on any atom is -0.294 e. The smallest absolute Gasteiger partial charge is 0.236 e. The number of hydrogen-bond acceptors (Lipinski definition) is 3. The SMILES string of the molecule is Cc1cccnc1C1CCC(C(=O)NN)CC1. The zero-order valence-corrected chi connectivity index (χ0v) is 10.1. The Labute approximate surface area is 102 Å². The summed E-state index contributed by atoms with van der Waals surface area (Å²) in [5.74, 6) is 5.72. The Morgan fingerprint density at radius 2 is 2.12 bits per heavy atom. The van der Waals surface area contributed by atoms with Crippen molar-refractivity contribution < 1.29 is 4.79 Å². The lowest BCUT2D eigenvalue weighted by molar-refractivity contribution is -0.126. The molecule has 0 spiro atoms. The van der Waals surface area contributed by atoms with E-state index < -0.39 is 0 Å². The van der Waals surface area contributed by atoms with Gasteiger partial charge in [0.1, 0.15) is 0 Å². The maximum absolute atomic E-state index is 11.4. The van der Waals surface area contributed by atoms with Crippen molar-refractivity contribution in [2.24, 2.45) is 11.8 Å². The predicted octanol–water partition coefficient (Wildman–Crippen LogP) is 1.65. The van der Waals surface area contributed by atoms with Crippen LogP contribution in [0.15, 0.2) is 18.3 Å². The normalized spacial score (nSPS) is 24.4. The van der Waals surface area contributed by atoms with Gasteiger partial charge in [-0.1, -0.05) is 6.07 Å². The highest BCUT2D eigenvalue weighted by Gasteiger charge is 2.27. The lowest BCUT2D eigenvalue weighted by Gasteiger charge is -2.27. The molecule has 2 rings (SSSR count). The number of amides is 1. The molecule has 0 aliphatic heterocycles. The van der Waals surface area contributed by atoms with Gasteiger partial charge in [0, 0.05) is 23.7 Å². The van der Waals surface area contributed by atoms with Gasteiger partial charge >= 0.3 is 0 Å². The van der Waals surface area contributed by atoms with E-state index in [0.717, 1.165) is 25.7 Å². The van der Waals surface area contributed by atoms with Crippen molar-refractivity contribution in [3.05, 3.63) is 29.6 Å². The van der Waals surface area contributed by atoms with E-state index in [9.17, 15) is 4.79 Å². The minimum absolute atomic E-state index is 0.0267. The maximum Gasteiger partial charge on any atom is 0.236 e. The average molecular weight is 233 g/mol. The van der Waals surface area contributed by atoms with Gasteiger partial charge in [-0.25, -0.2) is 5.84 Å². The first-order valence-electron chi connectivity index (χ1n) is 6.14. The van der Waals surface area contributed by atoms with Crippen LogP contribution < -0.4 is 11.3 Å². The van der Waals surface area contributed by atoms with Crippen LogP contribution in [0.3, 0.4) is 0 Å². The summed E-state index contributed by atoms with van der Waals surface area (Å²) in [6, 6.07) is 4.06. The first-order valence-corrected chi connectivity index (χ1v) is 6.14. The Kier molecular flexibility index (Phi) is 3.74. The molecule has 4 heteroatoms. The summed E-state index contributed by atoms with van der Waals surface area (Å²) >= 11 is 0. The van der Waals surface area contributed by atoms with Gasteiger partial charge in [-0.3, -0.25) is 15.2 Å². The van der Waals surface area contributed by atoms with Crippen LogP contribution in [-0.4, -0.2) is 10.9 Å². The van der Waals surface area contributed by atoms with E-state index in [1.807, 2.05) is 12.3 Å². The highest BCUT2D eigenvalue weighted by molar-refractivity contribution is 5.78. The standard InChI is InChI=1S/C13H19N3O/c1-9-3-2-8-15-12(9)10-4-6-11(7-5-10)13(17)16-14/h2-3,8,10-11H,4-7,14H2,1H3,(H,16,17). The maximum atomic E-state index is 11.4. The van der Waals surface area contributed by atoms with Gasteiger partial charge < -0.3 is 0 Å². The molecule has 1 saturated carbocycles. The number of nitrogens with zero attached hydrogens (tertiary/aromatic N) is 1. The fourth-order valence-electron chi connectivity index (χ4n) is 2.67. The number of carbonyl (C=O) groups excluding carboxylic acids is 1. The van der Waals surface area contributed by atoms with E-state index in [1.165, 1.54) is 11.3 Å². The number of rotatable bonds is 2. The predicted molar refractivity (Wildman–Crippen MR) is 66.0 cm³/mol. The molecule has 0 radical (unpaired) electrons. The molecule has 1 heterocycles. The van der Waals surface area contributed by atoms with Gasteiger partial charge in [-0.15, -0.1) is 0 Å². The van der Waals surface area contributed by atoms with Crippen molar-refractivity contribution in [1.29, 1.82) is 0 Å². The number of hydrogen-bond donors (Lipinski definition) is 2. The Balaban J connectivity index is 2.00. The molecular formula is C13H19N3O.